The van der Waals surface area contributed by atoms with E-state index < -0.39 is 23.8 Å². The third-order valence-corrected chi connectivity index (χ3v) is 4.15. The van der Waals surface area contributed by atoms with Gasteiger partial charge in [-0.05, 0) is 24.4 Å². The lowest BCUT2D eigenvalue weighted by Crippen LogP contribution is -2.45. The molecule has 2 atom stereocenters. The molecule has 18 heavy (non-hydrogen) atoms. The van der Waals surface area contributed by atoms with Crippen molar-refractivity contribution in [2.45, 2.75) is 13.0 Å². The quantitative estimate of drug-likeness (QED) is 0.863. The molecule has 0 bridgehead atoms. The number of piperidine rings is 1. The molecule has 1 fully saturated rings. The second-order valence-electron chi connectivity index (χ2n) is 4.49. The van der Waals surface area contributed by atoms with Gasteiger partial charge in [-0.15, -0.1) is 11.3 Å². The van der Waals surface area contributed by atoms with Crippen LogP contribution in [-0.4, -0.2) is 40.1 Å². The second kappa shape index (κ2) is 5.49. The fourth-order valence-corrected chi connectivity index (χ4v) is 3.08. The maximum atomic E-state index is 11.1. The molecule has 0 aromatic carbocycles. The molecule has 98 valence electrons. The Morgan fingerprint density at radius 2 is 2.06 bits per heavy atom. The number of aliphatic carboxylic acids is 2. The van der Waals surface area contributed by atoms with Crippen molar-refractivity contribution in [3.05, 3.63) is 22.4 Å². The van der Waals surface area contributed by atoms with Gasteiger partial charge < -0.3 is 10.2 Å². The van der Waals surface area contributed by atoms with Crippen molar-refractivity contribution >= 4 is 23.3 Å². The molecule has 1 aromatic rings. The van der Waals surface area contributed by atoms with E-state index in [4.69, 9.17) is 10.2 Å². The van der Waals surface area contributed by atoms with Crippen LogP contribution in [0.15, 0.2) is 17.5 Å². The molecule has 1 saturated heterocycles. The summed E-state index contributed by atoms with van der Waals surface area (Å²) in [6.07, 6.45) is 0.400. The Balaban J connectivity index is 2.02. The van der Waals surface area contributed by atoms with Gasteiger partial charge in [0.1, 0.15) is 0 Å². The Labute approximate surface area is 109 Å². The molecular weight excluding hydrogens is 254 g/mol. The van der Waals surface area contributed by atoms with Gasteiger partial charge in [0.2, 0.25) is 0 Å². The largest absolute Gasteiger partial charge is 0.481 e. The van der Waals surface area contributed by atoms with Gasteiger partial charge in [0.05, 0.1) is 11.8 Å². The fourth-order valence-electron chi connectivity index (χ4n) is 2.33. The van der Waals surface area contributed by atoms with Crippen LogP contribution in [0.1, 0.15) is 11.3 Å². The molecule has 2 heterocycles. The lowest BCUT2D eigenvalue weighted by atomic mass is 9.85. The van der Waals surface area contributed by atoms with E-state index >= 15 is 0 Å². The topological polar surface area (TPSA) is 77.8 Å². The van der Waals surface area contributed by atoms with Crippen LogP contribution in [0.4, 0.5) is 0 Å². The molecule has 1 aliphatic rings. The highest BCUT2D eigenvalue weighted by Gasteiger charge is 2.38. The predicted octanol–water partition coefficient (Wildman–Crippen LogP) is 1.36. The third-order valence-electron chi connectivity index (χ3n) is 3.29. The Hall–Kier alpha value is -1.40. The zero-order chi connectivity index (χ0) is 13.1. The first-order valence-electron chi connectivity index (χ1n) is 5.78. The number of likely N-dealkylation sites (tertiary alicyclic amines) is 1. The summed E-state index contributed by atoms with van der Waals surface area (Å²) < 4.78 is 0. The minimum Gasteiger partial charge on any atom is -0.481 e. The van der Waals surface area contributed by atoms with Crippen molar-refractivity contribution < 1.29 is 19.8 Å². The molecule has 0 aliphatic carbocycles. The van der Waals surface area contributed by atoms with E-state index in [2.05, 4.69) is 0 Å². The SMILES string of the molecule is O=C(O)C1CCN(Cc2cccs2)CC1C(=O)O. The van der Waals surface area contributed by atoms with Crippen molar-refractivity contribution in [2.24, 2.45) is 11.8 Å². The molecule has 6 heteroatoms. The summed E-state index contributed by atoms with van der Waals surface area (Å²) in [7, 11) is 0. The van der Waals surface area contributed by atoms with E-state index in [0.29, 0.717) is 26.1 Å². The van der Waals surface area contributed by atoms with Crippen LogP contribution in [0.25, 0.3) is 0 Å². The van der Waals surface area contributed by atoms with Gasteiger partial charge in [-0.3, -0.25) is 14.5 Å². The Bertz CT molecular complexity index is 431. The Morgan fingerprint density at radius 3 is 2.61 bits per heavy atom. The normalized spacial score (nSPS) is 24.9. The smallest absolute Gasteiger partial charge is 0.308 e. The molecule has 1 aliphatic heterocycles. The van der Waals surface area contributed by atoms with Crippen molar-refractivity contribution in [1.82, 2.24) is 4.90 Å². The summed E-state index contributed by atoms with van der Waals surface area (Å²) in [5.41, 5.74) is 0. The minimum atomic E-state index is -1.02. The molecule has 0 spiro atoms. The van der Waals surface area contributed by atoms with Crippen LogP contribution < -0.4 is 0 Å². The van der Waals surface area contributed by atoms with Gasteiger partial charge in [-0.25, -0.2) is 0 Å². The third kappa shape index (κ3) is 2.88. The molecule has 0 amide bonds. The van der Waals surface area contributed by atoms with E-state index in [1.807, 2.05) is 22.4 Å². The first-order valence-corrected chi connectivity index (χ1v) is 6.66. The molecule has 0 saturated carbocycles. The maximum Gasteiger partial charge on any atom is 0.308 e. The maximum absolute atomic E-state index is 11.1. The molecule has 2 N–H and O–H groups in total. The molecular formula is C12H15NO4S. The standard InChI is InChI=1S/C12H15NO4S/c14-11(15)9-3-4-13(7-10(9)12(16)17)6-8-2-1-5-18-8/h1-2,5,9-10H,3-4,6-7H2,(H,14,15)(H,16,17). The second-order valence-corrected chi connectivity index (χ2v) is 5.52. The van der Waals surface area contributed by atoms with Crippen LogP contribution >= 0.6 is 11.3 Å². The molecule has 2 rings (SSSR count). The molecule has 1 aromatic heterocycles. The number of rotatable bonds is 4. The highest BCUT2D eigenvalue weighted by atomic mass is 32.1. The first-order chi connectivity index (χ1) is 8.58. The van der Waals surface area contributed by atoms with Crippen LogP contribution in [0.5, 0.6) is 0 Å². The zero-order valence-electron chi connectivity index (χ0n) is 9.78. The highest BCUT2D eigenvalue weighted by molar-refractivity contribution is 7.09. The van der Waals surface area contributed by atoms with Gasteiger partial charge in [-0.2, -0.15) is 0 Å². The lowest BCUT2D eigenvalue weighted by Gasteiger charge is -2.34. The highest BCUT2D eigenvalue weighted by Crippen LogP contribution is 2.26. The first kappa shape index (κ1) is 13.0. The van der Waals surface area contributed by atoms with E-state index in [0.717, 1.165) is 0 Å². The lowest BCUT2D eigenvalue weighted by molar-refractivity contribution is -0.157. The van der Waals surface area contributed by atoms with Gasteiger partial charge >= 0.3 is 11.9 Å². The predicted molar refractivity (Wildman–Crippen MR) is 66.5 cm³/mol. The molecule has 0 radical (unpaired) electrons. The van der Waals surface area contributed by atoms with Crippen LogP contribution in [0.2, 0.25) is 0 Å². The number of carboxylic acid groups (broad SMARTS) is 2. The average molecular weight is 269 g/mol. The van der Waals surface area contributed by atoms with E-state index in [9.17, 15) is 9.59 Å². The van der Waals surface area contributed by atoms with Crippen LogP contribution in [0, 0.1) is 11.8 Å². The number of nitrogens with zero attached hydrogens (tertiary/aromatic N) is 1. The Kier molecular flexibility index (Phi) is 3.98. The summed E-state index contributed by atoms with van der Waals surface area (Å²) in [4.78, 5) is 25.3. The molecule has 2 unspecified atom stereocenters. The number of hydrogen-bond donors (Lipinski definition) is 2. The van der Waals surface area contributed by atoms with E-state index in [1.165, 1.54) is 4.88 Å². The number of carbonyl (C=O) groups is 2. The summed E-state index contributed by atoms with van der Waals surface area (Å²) in [6, 6.07) is 3.96. The van der Waals surface area contributed by atoms with Crippen LogP contribution in [0.3, 0.4) is 0 Å². The van der Waals surface area contributed by atoms with E-state index in [-0.39, 0.29) is 0 Å². The summed E-state index contributed by atoms with van der Waals surface area (Å²) in [6.45, 7) is 1.65. The zero-order valence-corrected chi connectivity index (χ0v) is 10.6. The summed E-state index contributed by atoms with van der Waals surface area (Å²) >= 11 is 1.63. The van der Waals surface area contributed by atoms with Gasteiger partial charge in [0.15, 0.2) is 0 Å². The van der Waals surface area contributed by atoms with Gasteiger partial charge in [0.25, 0.3) is 0 Å². The molecule has 5 nitrogen and oxygen atoms in total. The summed E-state index contributed by atoms with van der Waals surface area (Å²) in [5, 5.41) is 20.1. The number of hydrogen-bond acceptors (Lipinski definition) is 4. The van der Waals surface area contributed by atoms with Crippen molar-refractivity contribution in [1.29, 1.82) is 0 Å². The van der Waals surface area contributed by atoms with Crippen LogP contribution in [-0.2, 0) is 16.1 Å². The number of thiophene rings is 1. The van der Waals surface area contributed by atoms with Gasteiger partial charge in [0, 0.05) is 18.0 Å². The van der Waals surface area contributed by atoms with Crippen molar-refractivity contribution in [2.75, 3.05) is 13.1 Å². The minimum absolute atomic E-state index is 0.310. The fraction of sp³-hybridized carbons (Fsp3) is 0.500. The summed E-state index contributed by atoms with van der Waals surface area (Å²) in [5.74, 6) is -3.59. The number of carboxylic acids is 2. The van der Waals surface area contributed by atoms with Crippen molar-refractivity contribution in [3.63, 3.8) is 0 Å². The van der Waals surface area contributed by atoms with E-state index in [1.54, 1.807) is 11.3 Å². The average Bonchev–Trinajstić information content (AvgIpc) is 2.81. The Morgan fingerprint density at radius 1 is 1.33 bits per heavy atom. The monoisotopic (exact) mass is 269 g/mol. The van der Waals surface area contributed by atoms with Crippen molar-refractivity contribution in [3.8, 4) is 0 Å². The van der Waals surface area contributed by atoms with Gasteiger partial charge in [-0.1, -0.05) is 6.07 Å².